The molecule has 1 aliphatic rings. The SMILES string of the molecule is Cc1cc(C)cc(N2C(=O)CSC2c2cccc(NC(=O)c3ccc(Br)cc3)c2)c1. The van der Waals surface area contributed by atoms with E-state index in [1.807, 2.05) is 67.3 Å². The molecule has 4 nitrogen and oxygen atoms in total. The van der Waals surface area contributed by atoms with Crippen molar-refractivity contribution >= 4 is 50.9 Å². The van der Waals surface area contributed by atoms with Crippen molar-refractivity contribution in [3.05, 3.63) is 93.5 Å². The number of thioether (sulfide) groups is 1. The summed E-state index contributed by atoms with van der Waals surface area (Å²) >= 11 is 4.98. The second kappa shape index (κ2) is 8.66. The van der Waals surface area contributed by atoms with Gasteiger partial charge in [-0.2, -0.15) is 0 Å². The van der Waals surface area contributed by atoms with Crippen LogP contribution in [-0.4, -0.2) is 17.6 Å². The predicted octanol–water partition coefficient (Wildman–Crippen LogP) is 6.10. The summed E-state index contributed by atoms with van der Waals surface area (Å²) in [6.45, 7) is 4.08. The Kier molecular flexibility index (Phi) is 5.97. The number of benzene rings is 3. The molecule has 6 heteroatoms. The molecule has 4 rings (SSSR count). The van der Waals surface area contributed by atoms with E-state index in [4.69, 9.17) is 0 Å². The summed E-state index contributed by atoms with van der Waals surface area (Å²) in [6.07, 6.45) is 0. The summed E-state index contributed by atoms with van der Waals surface area (Å²) in [5.41, 5.74) is 5.45. The molecular formula is C24H21BrN2O2S. The lowest BCUT2D eigenvalue weighted by atomic mass is 10.1. The van der Waals surface area contributed by atoms with Gasteiger partial charge in [-0.3, -0.25) is 14.5 Å². The molecule has 1 saturated heterocycles. The first kappa shape index (κ1) is 20.7. The molecular weight excluding hydrogens is 460 g/mol. The highest BCUT2D eigenvalue weighted by atomic mass is 79.9. The zero-order valence-corrected chi connectivity index (χ0v) is 19.1. The topological polar surface area (TPSA) is 49.4 Å². The van der Waals surface area contributed by atoms with Crippen molar-refractivity contribution in [3.63, 3.8) is 0 Å². The quantitative estimate of drug-likeness (QED) is 0.490. The van der Waals surface area contributed by atoms with Crippen molar-refractivity contribution in [1.82, 2.24) is 0 Å². The Balaban J connectivity index is 1.60. The van der Waals surface area contributed by atoms with Gasteiger partial charge >= 0.3 is 0 Å². The maximum Gasteiger partial charge on any atom is 0.255 e. The molecule has 1 aliphatic heterocycles. The normalized spacial score (nSPS) is 16.0. The van der Waals surface area contributed by atoms with Crippen molar-refractivity contribution < 1.29 is 9.59 Å². The van der Waals surface area contributed by atoms with E-state index in [1.54, 1.807) is 23.9 Å². The highest BCUT2D eigenvalue weighted by molar-refractivity contribution is 9.10. The fourth-order valence-electron chi connectivity index (χ4n) is 3.61. The van der Waals surface area contributed by atoms with Gasteiger partial charge in [0.1, 0.15) is 5.37 Å². The highest BCUT2D eigenvalue weighted by Gasteiger charge is 2.34. The van der Waals surface area contributed by atoms with E-state index in [1.165, 1.54) is 0 Å². The molecule has 1 fully saturated rings. The van der Waals surface area contributed by atoms with Crippen molar-refractivity contribution in [2.24, 2.45) is 0 Å². The fraction of sp³-hybridized carbons (Fsp3) is 0.167. The highest BCUT2D eigenvalue weighted by Crippen LogP contribution is 2.42. The average Bonchev–Trinajstić information content (AvgIpc) is 3.09. The minimum absolute atomic E-state index is 0.0966. The number of anilines is 2. The van der Waals surface area contributed by atoms with E-state index in [9.17, 15) is 9.59 Å². The molecule has 1 heterocycles. The zero-order valence-electron chi connectivity index (χ0n) is 16.7. The summed E-state index contributed by atoms with van der Waals surface area (Å²) in [7, 11) is 0. The lowest BCUT2D eigenvalue weighted by Crippen LogP contribution is -2.28. The van der Waals surface area contributed by atoms with Crippen molar-refractivity contribution in [2.45, 2.75) is 19.2 Å². The molecule has 3 aromatic carbocycles. The lowest BCUT2D eigenvalue weighted by molar-refractivity contribution is -0.115. The van der Waals surface area contributed by atoms with Crippen molar-refractivity contribution in [3.8, 4) is 0 Å². The predicted molar refractivity (Wildman–Crippen MR) is 127 cm³/mol. The third-order valence-corrected chi connectivity index (χ3v) is 6.63. The molecule has 0 saturated carbocycles. The maximum atomic E-state index is 12.7. The summed E-state index contributed by atoms with van der Waals surface area (Å²) in [6, 6.07) is 21.1. The van der Waals surface area contributed by atoms with Gasteiger partial charge in [0.05, 0.1) is 5.75 Å². The van der Waals surface area contributed by atoms with Gasteiger partial charge in [0, 0.05) is 21.4 Å². The zero-order chi connectivity index (χ0) is 21.3. The molecule has 3 aromatic rings. The standard InChI is InChI=1S/C24H21BrN2O2S/c1-15-10-16(2)12-21(11-15)27-22(28)14-30-24(27)18-4-3-5-20(13-18)26-23(29)17-6-8-19(25)9-7-17/h3-13,24H,14H2,1-2H3,(H,26,29). The second-order valence-electron chi connectivity index (χ2n) is 7.36. The van der Waals surface area contributed by atoms with Crippen LogP contribution < -0.4 is 10.2 Å². The first-order valence-electron chi connectivity index (χ1n) is 9.59. The molecule has 0 spiro atoms. The number of halogens is 1. The summed E-state index contributed by atoms with van der Waals surface area (Å²) < 4.78 is 0.926. The first-order chi connectivity index (χ1) is 14.4. The van der Waals surface area contributed by atoms with Crippen LogP contribution >= 0.6 is 27.7 Å². The number of carbonyl (C=O) groups excluding carboxylic acids is 2. The molecule has 1 unspecified atom stereocenters. The second-order valence-corrected chi connectivity index (χ2v) is 9.34. The lowest BCUT2D eigenvalue weighted by Gasteiger charge is -2.25. The fourth-order valence-corrected chi connectivity index (χ4v) is 5.05. The molecule has 0 bridgehead atoms. The number of amides is 2. The maximum absolute atomic E-state index is 12.7. The van der Waals surface area contributed by atoms with Gasteiger partial charge in [-0.1, -0.05) is 34.1 Å². The molecule has 0 radical (unpaired) electrons. The third-order valence-electron chi connectivity index (χ3n) is 4.89. The van der Waals surface area contributed by atoms with Gasteiger partial charge in [-0.05, 0) is 79.1 Å². The van der Waals surface area contributed by atoms with Crippen LogP contribution in [0.4, 0.5) is 11.4 Å². The Hall–Kier alpha value is -2.57. The van der Waals surface area contributed by atoms with Crippen LogP contribution in [0.25, 0.3) is 0 Å². The molecule has 0 aliphatic carbocycles. The Morgan fingerprint density at radius 1 is 1.03 bits per heavy atom. The van der Waals surface area contributed by atoms with Gasteiger partial charge in [0.2, 0.25) is 5.91 Å². The number of nitrogens with zero attached hydrogens (tertiary/aromatic N) is 1. The van der Waals surface area contributed by atoms with Crippen LogP contribution in [0.2, 0.25) is 0 Å². The molecule has 2 amide bonds. The van der Waals surface area contributed by atoms with Gasteiger partial charge in [-0.25, -0.2) is 0 Å². The van der Waals surface area contributed by atoms with Crippen molar-refractivity contribution in [2.75, 3.05) is 16.0 Å². The van der Waals surface area contributed by atoms with E-state index in [-0.39, 0.29) is 17.2 Å². The van der Waals surface area contributed by atoms with Crippen LogP contribution in [0.1, 0.15) is 32.4 Å². The number of carbonyl (C=O) groups is 2. The summed E-state index contributed by atoms with van der Waals surface area (Å²) in [5.74, 6) is 0.368. The number of aryl methyl sites for hydroxylation is 2. The van der Waals surface area contributed by atoms with E-state index >= 15 is 0 Å². The van der Waals surface area contributed by atoms with E-state index in [2.05, 4.69) is 27.3 Å². The smallest absolute Gasteiger partial charge is 0.255 e. The minimum atomic E-state index is -0.166. The van der Waals surface area contributed by atoms with Crippen LogP contribution in [0.15, 0.2) is 71.2 Å². The van der Waals surface area contributed by atoms with E-state index in [0.29, 0.717) is 17.0 Å². The van der Waals surface area contributed by atoms with Gasteiger partial charge < -0.3 is 5.32 Å². The van der Waals surface area contributed by atoms with Gasteiger partial charge in [0.15, 0.2) is 0 Å². The molecule has 1 N–H and O–H groups in total. The van der Waals surface area contributed by atoms with Gasteiger partial charge in [-0.15, -0.1) is 11.8 Å². The minimum Gasteiger partial charge on any atom is -0.322 e. The van der Waals surface area contributed by atoms with Crippen LogP contribution in [0, 0.1) is 13.8 Å². The summed E-state index contributed by atoms with van der Waals surface area (Å²) in [4.78, 5) is 27.1. The Morgan fingerprint density at radius 2 is 1.73 bits per heavy atom. The van der Waals surface area contributed by atoms with Crippen molar-refractivity contribution in [1.29, 1.82) is 0 Å². The van der Waals surface area contributed by atoms with Crippen LogP contribution in [0.3, 0.4) is 0 Å². The summed E-state index contributed by atoms with van der Waals surface area (Å²) in [5, 5.41) is 2.84. The Bertz CT molecular complexity index is 1090. The number of hydrogen-bond donors (Lipinski definition) is 1. The average molecular weight is 481 g/mol. The first-order valence-corrected chi connectivity index (χ1v) is 11.4. The number of rotatable bonds is 4. The largest absolute Gasteiger partial charge is 0.322 e. The Morgan fingerprint density at radius 3 is 2.43 bits per heavy atom. The van der Waals surface area contributed by atoms with Gasteiger partial charge in [0.25, 0.3) is 5.91 Å². The monoisotopic (exact) mass is 480 g/mol. The number of nitrogens with one attached hydrogen (secondary N) is 1. The molecule has 1 atom stereocenters. The van der Waals surface area contributed by atoms with E-state index < -0.39 is 0 Å². The van der Waals surface area contributed by atoms with Crippen LogP contribution in [-0.2, 0) is 4.79 Å². The molecule has 152 valence electrons. The van der Waals surface area contributed by atoms with E-state index in [0.717, 1.165) is 26.9 Å². The molecule has 30 heavy (non-hydrogen) atoms. The van der Waals surface area contributed by atoms with Crippen LogP contribution in [0.5, 0.6) is 0 Å². The number of hydrogen-bond acceptors (Lipinski definition) is 3. The molecule has 0 aromatic heterocycles. The third kappa shape index (κ3) is 4.45. The Labute approximate surface area is 188 Å².